The smallest absolute Gasteiger partial charge is 0.244 e. The molecule has 2 aromatic rings. The number of carbonyl (C=O) groups excluding carboxylic acids is 1. The molecule has 0 radical (unpaired) electrons. The predicted molar refractivity (Wildman–Crippen MR) is 87.8 cm³/mol. The van der Waals surface area contributed by atoms with Gasteiger partial charge in [-0.25, -0.2) is 9.37 Å². The highest BCUT2D eigenvalue weighted by Crippen LogP contribution is 2.29. The van der Waals surface area contributed by atoms with Gasteiger partial charge >= 0.3 is 0 Å². The Morgan fingerprint density at radius 1 is 1.33 bits per heavy atom. The van der Waals surface area contributed by atoms with E-state index < -0.39 is 6.04 Å². The highest BCUT2D eigenvalue weighted by atomic mass is 19.1. The van der Waals surface area contributed by atoms with Crippen LogP contribution in [0.5, 0.6) is 0 Å². The highest BCUT2D eigenvalue weighted by Gasteiger charge is 2.32. The maximum Gasteiger partial charge on any atom is 0.244 e. The summed E-state index contributed by atoms with van der Waals surface area (Å²) in [7, 11) is 3.60. The van der Waals surface area contributed by atoms with Crippen molar-refractivity contribution < 1.29 is 9.18 Å². The molecule has 1 aromatic carbocycles. The number of hydrogen-bond acceptors (Lipinski definition) is 4. The molecule has 1 aliphatic rings. The summed E-state index contributed by atoms with van der Waals surface area (Å²) >= 11 is 0. The number of benzene rings is 1. The zero-order chi connectivity index (χ0) is 17.1. The zero-order valence-corrected chi connectivity index (χ0v) is 13.9. The minimum Gasteiger partial charge on any atom is -0.341 e. The van der Waals surface area contributed by atoms with Crippen molar-refractivity contribution in [1.29, 1.82) is 0 Å². The van der Waals surface area contributed by atoms with Crippen molar-refractivity contribution in [2.45, 2.75) is 24.8 Å². The number of hydrogen-bond donors (Lipinski definition) is 1. The Balaban J connectivity index is 1.72. The number of nitrogens with zero attached hydrogens (tertiary/aromatic N) is 4. The van der Waals surface area contributed by atoms with Gasteiger partial charge in [-0.1, -0.05) is 18.2 Å². The number of halogens is 1. The molecule has 1 N–H and O–H groups in total. The molecule has 3 rings (SSSR count). The first-order chi connectivity index (χ1) is 11.6. The van der Waals surface area contributed by atoms with E-state index >= 15 is 0 Å². The molecule has 1 fully saturated rings. The van der Waals surface area contributed by atoms with Gasteiger partial charge in [-0.3, -0.25) is 14.8 Å². The molecule has 0 aliphatic carbocycles. The van der Waals surface area contributed by atoms with Crippen LogP contribution in [-0.4, -0.2) is 58.1 Å². The van der Waals surface area contributed by atoms with E-state index in [1.165, 1.54) is 12.4 Å². The quantitative estimate of drug-likeness (QED) is 0.930. The number of likely N-dealkylation sites (N-methyl/N-ethyl adjacent to an activating group) is 1. The fourth-order valence-electron chi connectivity index (χ4n) is 3.29. The number of nitrogens with one attached hydrogen (secondary N) is 1. The predicted octanol–water partition coefficient (Wildman–Crippen LogP) is 1.95. The van der Waals surface area contributed by atoms with Gasteiger partial charge in [0.25, 0.3) is 0 Å². The van der Waals surface area contributed by atoms with Crippen LogP contribution < -0.4 is 0 Å². The lowest BCUT2D eigenvalue weighted by molar-refractivity contribution is -0.137. The molecule has 6 nitrogen and oxygen atoms in total. The third-order valence-corrected chi connectivity index (χ3v) is 4.58. The van der Waals surface area contributed by atoms with Crippen LogP contribution in [0.15, 0.2) is 30.6 Å². The van der Waals surface area contributed by atoms with Gasteiger partial charge in [-0.15, -0.1) is 0 Å². The van der Waals surface area contributed by atoms with Gasteiger partial charge in [-0.05, 0) is 33.0 Å². The van der Waals surface area contributed by atoms with Crippen molar-refractivity contribution in [3.05, 3.63) is 47.8 Å². The van der Waals surface area contributed by atoms with Crippen LogP contribution in [0.3, 0.4) is 0 Å². The van der Waals surface area contributed by atoms with Crippen LogP contribution >= 0.6 is 0 Å². The van der Waals surface area contributed by atoms with Crippen LogP contribution in [0.2, 0.25) is 0 Å². The average molecular weight is 331 g/mol. The number of carbonyl (C=O) groups is 1. The second-order valence-corrected chi connectivity index (χ2v) is 6.36. The number of piperidine rings is 1. The minimum absolute atomic E-state index is 0.0545. The highest BCUT2D eigenvalue weighted by molar-refractivity contribution is 5.83. The van der Waals surface area contributed by atoms with Crippen molar-refractivity contribution in [2.75, 3.05) is 27.2 Å². The van der Waals surface area contributed by atoms with E-state index in [4.69, 9.17) is 0 Å². The molecule has 128 valence electrons. The summed E-state index contributed by atoms with van der Waals surface area (Å²) in [6.07, 6.45) is 3.17. The van der Waals surface area contributed by atoms with Gasteiger partial charge in [0.15, 0.2) is 0 Å². The third kappa shape index (κ3) is 3.31. The Kier molecular flexibility index (Phi) is 4.89. The first-order valence-electron chi connectivity index (χ1n) is 8.13. The summed E-state index contributed by atoms with van der Waals surface area (Å²) in [6, 6.07) is 5.87. The Hall–Kier alpha value is -2.28. The largest absolute Gasteiger partial charge is 0.341 e. The maximum absolute atomic E-state index is 14.2. The molecule has 1 aliphatic heterocycles. The lowest BCUT2D eigenvalue weighted by Crippen LogP contribution is -2.44. The molecule has 2 heterocycles. The van der Waals surface area contributed by atoms with Gasteiger partial charge in [0.2, 0.25) is 5.91 Å². The first-order valence-corrected chi connectivity index (χ1v) is 8.13. The lowest BCUT2D eigenvalue weighted by atomic mass is 9.95. The van der Waals surface area contributed by atoms with E-state index in [-0.39, 0.29) is 11.7 Å². The standard InChI is InChI=1S/C17H22FN5O/c1-22(2)15(13-5-3-4-6-14(13)18)17(24)23-9-7-12(8-10-23)16-19-11-20-21-16/h3-6,11-12,15H,7-10H2,1-2H3,(H,19,20,21)/t15-/m0/s1. The fraction of sp³-hybridized carbons (Fsp3) is 0.471. The third-order valence-electron chi connectivity index (χ3n) is 4.58. The van der Waals surface area contributed by atoms with Crippen molar-refractivity contribution in [3.63, 3.8) is 0 Å². The summed E-state index contributed by atoms with van der Waals surface area (Å²) in [5, 5.41) is 6.79. The first kappa shape index (κ1) is 16.6. The van der Waals surface area contributed by atoms with E-state index in [1.807, 2.05) is 4.90 Å². The monoisotopic (exact) mass is 331 g/mol. The van der Waals surface area contributed by atoms with Gasteiger partial charge < -0.3 is 4.90 Å². The topological polar surface area (TPSA) is 65.1 Å². The van der Waals surface area contributed by atoms with Crippen LogP contribution in [-0.2, 0) is 4.79 Å². The summed E-state index contributed by atoms with van der Waals surface area (Å²) in [5.74, 6) is 0.769. The molecule has 7 heteroatoms. The number of likely N-dealkylation sites (tertiary alicyclic amines) is 1. The Labute approximate surface area is 140 Å². The SMILES string of the molecule is CN(C)[C@H](C(=O)N1CCC(c2ncn[nH]2)CC1)c1ccccc1F. The second-order valence-electron chi connectivity index (χ2n) is 6.36. The van der Waals surface area contributed by atoms with Crippen molar-refractivity contribution >= 4 is 5.91 Å². The van der Waals surface area contributed by atoms with Gasteiger partial charge in [0.05, 0.1) is 0 Å². The Morgan fingerprint density at radius 3 is 2.62 bits per heavy atom. The summed E-state index contributed by atoms with van der Waals surface area (Å²) in [4.78, 5) is 20.8. The van der Waals surface area contributed by atoms with Gasteiger partial charge in [-0.2, -0.15) is 5.10 Å². The van der Waals surface area contributed by atoms with E-state index in [2.05, 4.69) is 15.2 Å². The average Bonchev–Trinajstić information content (AvgIpc) is 3.11. The lowest BCUT2D eigenvalue weighted by Gasteiger charge is -2.35. The fourth-order valence-corrected chi connectivity index (χ4v) is 3.29. The molecular weight excluding hydrogens is 309 g/mol. The Bertz CT molecular complexity index is 680. The molecule has 1 aromatic heterocycles. The van der Waals surface area contributed by atoms with E-state index in [0.29, 0.717) is 24.6 Å². The van der Waals surface area contributed by atoms with Crippen LogP contribution in [0, 0.1) is 5.82 Å². The molecule has 24 heavy (non-hydrogen) atoms. The molecule has 0 spiro atoms. The second kappa shape index (κ2) is 7.09. The van der Waals surface area contributed by atoms with Crippen LogP contribution in [0.4, 0.5) is 4.39 Å². The van der Waals surface area contributed by atoms with E-state index in [9.17, 15) is 9.18 Å². The summed E-state index contributed by atoms with van der Waals surface area (Å²) in [6.45, 7) is 1.28. The van der Waals surface area contributed by atoms with E-state index in [0.717, 1.165) is 18.7 Å². The molecular formula is C17H22FN5O. The van der Waals surface area contributed by atoms with Crippen molar-refractivity contribution in [2.24, 2.45) is 0 Å². The molecule has 0 saturated carbocycles. The number of H-pyrrole nitrogens is 1. The number of rotatable bonds is 4. The van der Waals surface area contributed by atoms with Crippen LogP contribution in [0.1, 0.15) is 36.2 Å². The Morgan fingerprint density at radius 2 is 2.04 bits per heavy atom. The molecule has 1 saturated heterocycles. The number of amides is 1. The van der Waals surface area contributed by atoms with Crippen LogP contribution in [0.25, 0.3) is 0 Å². The minimum atomic E-state index is -0.604. The van der Waals surface area contributed by atoms with Gasteiger partial charge in [0.1, 0.15) is 24.0 Å². The summed E-state index contributed by atoms with van der Waals surface area (Å²) < 4.78 is 14.2. The zero-order valence-electron chi connectivity index (χ0n) is 13.9. The maximum atomic E-state index is 14.2. The molecule has 0 bridgehead atoms. The van der Waals surface area contributed by atoms with Crippen molar-refractivity contribution in [1.82, 2.24) is 25.0 Å². The number of aromatic nitrogens is 3. The van der Waals surface area contributed by atoms with E-state index in [1.54, 1.807) is 37.2 Å². The molecule has 0 unspecified atom stereocenters. The van der Waals surface area contributed by atoms with Crippen molar-refractivity contribution in [3.8, 4) is 0 Å². The van der Waals surface area contributed by atoms with Gasteiger partial charge in [0, 0.05) is 24.6 Å². The summed E-state index contributed by atoms with van der Waals surface area (Å²) in [5.41, 5.74) is 0.421. The molecule has 1 amide bonds. The molecule has 1 atom stereocenters. The number of aromatic amines is 1. The normalized spacial score (nSPS) is 17.2.